The van der Waals surface area contributed by atoms with Crippen LogP contribution in [0.5, 0.6) is 0 Å². The Morgan fingerprint density at radius 3 is 2.35 bits per heavy atom. The number of piperidine rings is 1. The smallest absolute Gasteiger partial charge is 0.331 e. The van der Waals surface area contributed by atoms with Gasteiger partial charge in [-0.2, -0.15) is 0 Å². The van der Waals surface area contributed by atoms with Crippen LogP contribution in [0, 0.1) is 20.2 Å². The molecule has 11 heteroatoms. The van der Waals surface area contributed by atoms with Crippen molar-refractivity contribution in [3.8, 4) is 0 Å². The van der Waals surface area contributed by atoms with Crippen LogP contribution in [0.1, 0.15) is 19.3 Å². The van der Waals surface area contributed by atoms with Gasteiger partial charge in [0.05, 0.1) is 32.4 Å². The molecule has 126 valence electrons. The third-order valence-electron chi connectivity index (χ3n) is 4.28. The number of nitrogens with zero attached hydrogens (tertiary/aromatic N) is 3. The number of nitro groups is 2. The molecule has 23 heavy (non-hydrogen) atoms. The van der Waals surface area contributed by atoms with Crippen LogP contribution in [0.3, 0.4) is 0 Å². The molecule has 1 aliphatic carbocycles. The predicted octanol–water partition coefficient (Wildman–Crippen LogP) is -0.387. The van der Waals surface area contributed by atoms with Crippen molar-refractivity contribution in [3.63, 3.8) is 0 Å². The highest BCUT2D eigenvalue weighted by Gasteiger charge is 2.64. The summed E-state index contributed by atoms with van der Waals surface area (Å²) in [6.07, 6.45) is -0.157. The number of likely N-dealkylation sites (tertiary alicyclic amines) is 1. The summed E-state index contributed by atoms with van der Waals surface area (Å²) in [6, 6.07) is 0. The highest BCUT2D eigenvalue weighted by Crippen LogP contribution is 2.43. The Hall–Kier alpha value is -2.56. The minimum absolute atomic E-state index is 0.0727. The first kappa shape index (κ1) is 16.8. The summed E-state index contributed by atoms with van der Waals surface area (Å²) in [5.74, 6) is -2.53. The Bertz CT molecular complexity index is 617. The van der Waals surface area contributed by atoms with E-state index >= 15 is 0 Å². The summed E-state index contributed by atoms with van der Waals surface area (Å²) in [7, 11) is 0. The lowest BCUT2D eigenvalue weighted by Crippen LogP contribution is -2.66. The maximum Gasteiger partial charge on any atom is 0.331 e. The largest absolute Gasteiger partial charge is 0.481 e. The van der Waals surface area contributed by atoms with E-state index in [-0.39, 0.29) is 31.6 Å². The molecule has 0 spiro atoms. The summed E-state index contributed by atoms with van der Waals surface area (Å²) >= 11 is 0. The molecule has 2 N–H and O–H groups in total. The van der Waals surface area contributed by atoms with Gasteiger partial charge in [-0.25, -0.2) is 4.79 Å². The molecule has 1 heterocycles. The Morgan fingerprint density at radius 2 is 1.87 bits per heavy atom. The number of hydrogen-bond acceptors (Lipinski definition) is 7. The number of fused-ring (bicyclic) bond motifs is 2. The summed E-state index contributed by atoms with van der Waals surface area (Å²) in [5, 5.41) is 40.9. The second-order valence-electron chi connectivity index (χ2n) is 6.02. The summed E-state index contributed by atoms with van der Waals surface area (Å²) in [6.45, 7) is -0.538. The lowest BCUT2D eigenvalue weighted by Gasteiger charge is -2.44. The highest BCUT2D eigenvalue weighted by molar-refractivity contribution is 5.87. The molecule has 2 atom stereocenters. The Morgan fingerprint density at radius 1 is 1.22 bits per heavy atom. The Balaban J connectivity index is 2.45. The molecule has 0 aromatic carbocycles. The SMILES string of the molecule is O=C(O)CCN1CC2([N+](=O)[O-])C=C(C(=O)O)CC([N+](=O)[O-])(C1)C2. The molecule has 0 aromatic rings. The van der Waals surface area contributed by atoms with Gasteiger partial charge < -0.3 is 10.2 Å². The lowest BCUT2D eigenvalue weighted by molar-refractivity contribution is -0.619. The first-order chi connectivity index (χ1) is 10.6. The average molecular weight is 329 g/mol. The van der Waals surface area contributed by atoms with Crippen LogP contribution in [-0.2, 0) is 9.59 Å². The second-order valence-corrected chi connectivity index (χ2v) is 6.02. The molecule has 2 aliphatic rings. The van der Waals surface area contributed by atoms with Crippen molar-refractivity contribution in [2.75, 3.05) is 19.6 Å². The lowest BCUT2D eigenvalue weighted by atomic mass is 9.69. The number of carboxylic acids is 2. The summed E-state index contributed by atoms with van der Waals surface area (Å²) < 4.78 is 0. The maximum atomic E-state index is 11.5. The first-order valence-electron chi connectivity index (χ1n) is 6.78. The molecule has 11 nitrogen and oxygen atoms in total. The predicted molar refractivity (Wildman–Crippen MR) is 73.1 cm³/mol. The quantitative estimate of drug-likeness (QED) is 0.487. The van der Waals surface area contributed by atoms with Crippen molar-refractivity contribution < 1.29 is 29.6 Å². The van der Waals surface area contributed by atoms with Gasteiger partial charge >= 0.3 is 11.9 Å². The van der Waals surface area contributed by atoms with Crippen molar-refractivity contribution in [1.82, 2.24) is 4.90 Å². The van der Waals surface area contributed by atoms with Gasteiger partial charge in [0.2, 0.25) is 5.54 Å². The molecule has 2 unspecified atom stereocenters. The fourth-order valence-corrected chi connectivity index (χ4v) is 3.40. The fourth-order valence-electron chi connectivity index (χ4n) is 3.40. The van der Waals surface area contributed by atoms with Crippen molar-refractivity contribution in [2.45, 2.75) is 30.3 Å². The topological polar surface area (TPSA) is 164 Å². The summed E-state index contributed by atoms with van der Waals surface area (Å²) in [4.78, 5) is 44.9. The van der Waals surface area contributed by atoms with Gasteiger partial charge in [0.25, 0.3) is 5.54 Å². The van der Waals surface area contributed by atoms with E-state index in [0.717, 1.165) is 6.08 Å². The Kier molecular flexibility index (Phi) is 4.07. The van der Waals surface area contributed by atoms with Gasteiger partial charge in [-0.1, -0.05) is 0 Å². The number of carbonyl (C=O) groups is 2. The van der Waals surface area contributed by atoms with Crippen LogP contribution in [0.25, 0.3) is 0 Å². The van der Waals surface area contributed by atoms with E-state index in [1.807, 2.05) is 0 Å². The van der Waals surface area contributed by atoms with Crippen LogP contribution in [0.15, 0.2) is 11.6 Å². The van der Waals surface area contributed by atoms with E-state index in [4.69, 9.17) is 10.2 Å². The van der Waals surface area contributed by atoms with Gasteiger partial charge in [-0.05, 0) is 0 Å². The van der Waals surface area contributed by atoms with E-state index in [0.29, 0.717) is 0 Å². The molecule has 0 radical (unpaired) electrons. The third-order valence-corrected chi connectivity index (χ3v) is 4.28. The molecular formula is C12H15N3O8. The molecule has 0 saturated carbocycles. The molecular weight excluding hydrogens is 314 g/mol. The maximum absolute atomic E-state index is 11.5. The average Bonchev–Trinajstić information content (AvgIpc) is 2.43. The van der Waals surface area contributed by atoms with Crippen LogP contribution >= 0.6 is 0 Å². The van der Waals surface area contributed by atoms with Crippen LogP contribution in [-0.4, -0.2) is 67.6 Å². The molecule has 0 aromatic heterocycles. The molecule has 1 aliphatic heterocycles. The van der Waals surface area contributed by atoms with Gasteiger partial charge in [0.1, 0.15) is 0 Å². The third kappa shape index (κ3) is 2.99. The zero-order valence-corrected chi connectivity index (χ0v) is 12.0. The minimum atomic E-state index is -1.89. The summed E-state index contributed by atoms with van der Waals surface area (Å²) in [5.41, 5.74) is -4.04. The fraction of sp³-hybridized carbons (Fsp3) is 0.667. The number of hydrogen-bond donors (Lipinski definition) is 2. The monoisotopic (exact) mass is 329 g/mol. The highest BCUT2D eigenvalue weighted by atomic mass is 16.6. The number of aliphatic carboxylic acids is 2. The van der Waals surface area contributed by atoms with Crippen molar-refractivity contribution in [3.05, 3.63) is 31.9 Å². The van der Waals surface area contributed by atoms with E-state index < -0.39 is 45.7 Å². The first-order valence-corrected chi connectivity index (χ1v) is 6.78. The van der Waals surface area contributed by atoms with E-state index in [1.54, 1.807) is 0 Å². The molecule has 0 amide bonds. The standard InChI is InChI=1S/C12H15N3O8/c16-9(17)1-2-13-6-11(14(20)21)3-8(10(18)19)4-12(5-11,7-13)15(22)23/h3H,1-2,4-7H2,(H,16,17)(H,18,19). The van der Waals surface area contributed by atoms with E-state index in [9.17, 15) is 29.8 Å². The van der Waals surface area contributed by atoms with Crippen molar-refractivity contribution in [1.29, 1.82) is 0 Å². The van der Waals surface area contributed by atoms with Crippen molar-refractivity contribution in [2.24, 2.45) is 0 Å². The molecule has 2 rings (SSSR count). The molecule has 2 bridgehead atoms. The van der Waals surface area contributed by atoms with Crippen LogP contribution < -0.4 is 0 Å². The van der Waals surface area contributed by atoms with Gasteiger partial charge in [-0.15, -0.1) is 0 Å². The van der Waals surface area contributed by atoms with Gasteiger partial charge in [-0.3, -0.25) is 29.9 Å². The van der Waals surface area contributed by atoms with Gasteiger partial charge in [0.15, 0.2) is 0 Å². The minimum Gasteiger partial charge on any atom is -0.481 e. The van der Waals surface area contributed by atoms with Gasteiger partial charge in [0, 0.05) is 28.0 Å². The second kappa shape index (κ2) is 5.57. The molecule has 1 saturated heterocycles. The van der Waals surface area contributed by atoms with E-state index in [2.05, 4.69) is 0 Å². The zero-order valence-electron chi connectivity index (χ0n) is 12.0. The zero-order chi connectivity index (χ0) is 17.4. The Labute approximate surface area is 129 Å². The van der Waals surface area contributed by atoms with Crippen molar-refractivity contribution >= 4 is 11.9 Å². The molecule has 1 fully saturated rings. The number of rotatable bonds is 6. The van der Waals surface area contributed by atoms with Crippen LogP contribution in [0.2, 0.25) is 0 Å². The van der Waals surface area contributed by atoms with Crippen LogP contribution in [0.4, 0.5) is 0 Å². The van der Waals surface area contributed by atoms with E-state index in [1.165, 1.54) is 4.90 Å². The number of carboxylic acid groups (broad SMARTS) is 2. The normalized spacial score (nSPS) is 30.3.